The number of hydrogen-bond acceptors (Lipinski definition) is 2. The molecule has 0 spiro atoms. The number of hydrogen-bond donors (Lipinski definition) is 2. The largest absolute Gasteiger partial charge is 0.391 e. The van der Waals surface area contributed by atoms with Crippen LogP contribution in [0.3, 0.4) is 0 Å². The minimum absolute atomic E-state index is 0.0914. The van der Waals surface area contributed by atoms with Crippen molar-refractivity contribution in [2.45, 2.75) is 75.6 Å². The SMILES string of the molecule is OC1(CNC2CCCC(C(F)(F)F)C2)CCCCC1. The third-order valence-electron chi connectivity index (χ3n) is 4.64. The summed E-state index contributed by atoms with van der Waals surface area (Å²) in [6, 6.07) is -0.0914. The van der Waals surface area contributed by atoms with Crippen molar-refractivity contribution in [2.75, 3.05) is 6.54 Å². The molecule has 0 bridgehead atoms. The van der Waals surface area contributed by atoms with E-state index in [1.807, 2.05) is 0 Å². The molecule has 2 nitrogen and oxygen atoms in total. The van der Waals surface area contributed by atoms with Gasteiger partial charge in [-0.3, -0.25) is 0 Å². The maximum atomic E-state index is 12.7. The first-order valence-electron chi connectivity index (χ1n) is 7.42. The zero-order valence-corrected chi connectivity index (χ0v) is 11.3. The predicted octanol–water partition coefficient (Wildman–Crippen LogP) is 3.39. The second-order valence-corrected chi connectivity index (χ2v) is 6.27. The fourth-order valence-electron chi connectivity index (χ4n) is 3.39. The highest BCUT2D eigenvalue weighted by Gasteiger charge is 2.42. The van der Waals surface area contributed by atoms with Crippen LogP contribution in [0.15, 0.2) is 0 Å². The van der Waals surface area contributed by atoms with Gasteiger partial charge < -0.3 is 10.4 Å². The quantitative estimate of drug-likeness (QED) is 0.830. The number of rotatable bonds is 3. The minimum atomic E-state index is -4.07. The molecule has 2 atom stereocenters. The molecule has 0 aromatic heterocycles. The molecule has 19 heavy (non-hydrogen) atoms. The lowest BCUT2D eigenvalue weighted by Gasteiger charge is -2.36. The fraction of sp³-hybridized carbons (Fsp3) is 1.00. The Hall–Kier alpha value is -0.290. The van der Waals surface area contributed by atoms with E-state index < -0.39 is 17.7 Å². The van der Waals surface area contributed by atoms with Crippen molar-refractivity contribution in [3.05, 3.63) is 0 Å². The molecular weight excluding hydrogens is 255 g/mol. The van der Waals surface area contributed by atoms with E-state index in [0.29, 0.717) is 13.0 Å². The summed E-state index contributed by atoms with van der Waals surface area (Å²) in [7, 11) is 0. The van der Waals surface area contributed by atoms with Gasteiger partial charge in [-0.05, 0) is 32.1 Å². The van der Waals surface area contributed by atoms with Crippen LogP contribution in [0.25, 0.3) is 0 Å². The van der Waals surface area contributed by atoms with Crippen LogP contribution >= 0.6 is 0 Å². The lowest BCUT2D eigenvalue weighted by molar-refractivity contribution is -0.183. The van der Waals surface area contributed by atoms with E-state index >= 15 is 0 Å². The second kappa shape index (κ2) is 6.00. The Morgan fingerprint density at radius 3 is 2.37 bits per heavy atom. The summed E-state index contributed by atoms with van der Waals surface area (Å²) < 4.78 is 38.1. The first-order chi connectivity index (χ1) is 8.89. The van der Waals surface area contributed by atoms with Crippen molar-refractivity contribution in [2.24, 2.45) is 5.92 Å². The van der Waals surface area contributed by atoms with Crippen LogP contribution in [0.1, 0.15) is 57.8 Å². The highest BCUT2D eigenvalue weighted by Crippen LogP contribution is 2.37. The average molecular weight is 279 g/mol. The molecule has 0 aliphatic heterocycles. The molecule has 0 saturated heterocycles. The summed E-state index contributed by atoms with van der Waals surface area (Å²) in [5, 5.41) is 13.5. The third kappa shape index (κ3) is 4.35. The standard InChI is InChI=1S/C14H24F3NO/c15-14(16,17)11-5-4-6-12(9-11)18-10-13(19)7-2-1-3-8-13/h11-12,18-19H,1-10H2. The molecule has 0 aromatic carbocycles. The Morgan fingerprint density at radius 2 is 1.74 bits per heavy atom. The van der Waals surface area contributed by atoms with E-state index in [1.165, 1.54) is 0 Å². The molecule has 2 aliphatic carbocycles. The summed E-state index contributed by atoms with van der Waals surface area (Å²) in [4.78, 5) is 0. The van der Waals surface area contributed by atoms with E-state index in [0.717, 1.165) is 38.5 Å². The molecule has 2 rings (SSSR count). The predicted molar refractivity (Wildman–Crippen MR) is 67.8 cm³/mol. The Balaban J connectivity index is 1.79. The molecule has 112 valence electrons. The van der Waals surface area contributed by atoms with Gasteiger partial charge in [-0.25, -0.2) is 0 Å². The lowest BCUT2D eigenvalue weighted by Crippen LogP contribution is -2.47. The van der Waals surface area contributed by atoms with Gasteiger partial charge in [0.15, 0.2) is 0 Å². The van der Waals surface area contributed by atoms with Gasteiger partial charge in [-0.2, -0.15) is 13.2 Å². The highest BCUT2D eigenvalue weighted by atomic mass is 19.4. The minimum Gasteiger partial charge on any atom is -0.389 e. The number of aliphatic hydroxyl groups is 1. The van der Waals surface area contributed by atoms with Crippen molar-refractivity contribution < 1.29 is 18.3 Å². The van der Waals surface area contributed by atoms with E-state index in [1.54, 1.807) is 0 Å². The second-order valence-electron chi connectivity index (χ2n) is 6.27. The molecule has 0 amide bonds. The Labute approximate surface area is 112 Å². The van der Waals surface area contributed by atoms with E-state index in [-0.39, 0.29) is 18.9 Å². The van der Waals surface area contributed by atoms with Crippen LogP contribution in [0.4, 0.5) is 13.2 Å². The molecule has 0 heterocycles. The van der Waals surface area contributed by atoms with Crippen LogP contribution in [0.2, 0.25) is 0 Å². The smallest absolute Gasteiger partial charge is 0.389 e. The van der Waals surface area contributed by atoms with Crippen molar-refractivity contribution in [1.29, 1.82) is 0 Å². The molecule has 2 saturated carbocycles. The third-order valence-corrected chi connectivity index (χ3v) is 4.64. The number of alkyl halides is 3. The van der Waals surface area contributed by atoms with Gasteiger partial charge in [0.05, 0.1) is 11.5 Å². The van der Waals surface area contributed by atoms with Gasteiger partial charge in [-0.1, -0.05) is 25.7 Å². The number of nitrogens with one attached hydrogen (secondary N) is 1. The van der Waals surface area contributed by atoms with Crippen LogP contribution in [0, 0.1) is 5.92 Å². The van der Waals surface area contributed by atoms with Gasteiger partial charge in [0.1, 0.15) is 0 Å². The number of halogens is 3. The average Bonchev–Trinajstić information content (AvgIpc) is 2.37. The summed E-state index contributed by atoms with van der Waals surface area (Å²) >= 11 is 0. The normalized spacial score (nSPS) is 32.2. The van der Waals surface area contributed by atoms with E-state index in [2.05, 4.69) is 5.32 Å². The van der Waals surface area contributed by atoms with Crippen LogP contribution in [-0.4, -0.2) is 29.5 Å². The van der Waals surface area contributed by atoms with Crippen molar-refractivity contribution in [3.63, 3.8) is 0 Å². The Morgan fingerprint density at radius 1 is 1.05 bits per heavy atom. The summed E-state index contributed by atoms with van der Waals surface area (Å²) in [5.74, 6) is -1.17. The first kappa shape index (κ1) is 15.1. The maximum Gasteiger partial charge on any atom is 0.391 e. The van der Waals surface area contributed by atoms with E-state index in [4.69, 9.17) is 0 Å². The van der Waals surface area contributed by atoms with Crippen LogP contribution in [-0.2, 0) is 0 Å². The van der Waals surface area contributed by atoms with Gasteiger partial charge in [0, 0.05) is 12.6 Å². The molecule has 2 fully saturated rings. The van der Waals surface area contributed by atoms with Gasteiger partial charge >= 0.3 is 6.18 Å². The summed E-state index contributed by atoms with van der Waals surface area (Å²) in [6.45, 7) is 0.447. The monoisotopic (exact) mass is 279 g/mol. The Kier molecular flexibility index (Phi) is 4.77. The van der Waals surface area contributed by atoms with E-state index in [9.17, 15) is 18.3 Å². The zero-order valence-electron chi connectivity index (χ0n) is 11.3. The molecule has 0 aromatic rings. The van der Waals surface area contributed by atoms with Gasteiger partial charge in [-0.15, -0.1) is 0 Å². The molecule has 0 radical (unpaired) electrons. The maximum absolute atomic E-state index is 12.7. The van der Waals surface area contributed by atoms with Crippen molar-refractivity contribution in [3.8, 4) is 0 Å². The first-order valence-corrected chi connectivity index (χ1v) is 7.42. The summed E-state index contributed by atoms with van der Waals surface area (Å²) in [5.41, 5.74) is -0.691. The molecule has 2 unspecified atom stereocenters. The summed E-state index contributed by atoms with van der Waals surface area (Å²) in [6.07, 6.45) is 2.52. The van der Waals surface area contributed by atoms with Gasteiger partial charge in [0.2, 0.25) is 0 Å². The Bertz CT molecular complexity index is 287. The van der Waals surface area contributed by atoms with Crippen LogP contribution in [0.5, 0.6) is 0 Å². The van der Waals surface area contributed by atoms with Crippen LogP contribution < -0.4 is 5.32 Å². The van der Waals surface area contributed by atoms with Gasteiger partial charge in [0.25, 0.3) is 0 Å². The zero-order chi connectivity index (χ0) is 13.9. The lowest BCUT2D eigenvalue weighted by atomic mass is 9.82. The molecule has 2 aliphatic rings. The molecule has 5 heteroatoms. The van der Waals surface area contributed by atoms with Crippen molar-refractivity contribution in [1.82, 2.24) is 5.32 Å². The fourth-order valence-corrected chi connectivity index (χ4v) is 3.39. The highest BCUT2D eigenvalue weighted by molar-refractivity contribution is 4.88. The topological polar surface area (TPSA) is 32.3 Å². The molecule has 2 N–H and O–H groups in total. The molecular formula is C14H24F3NO. The van der Waals surface area contributed by atoms with Crippen molar-refractivity contribution >= 4 is 0 Å².